The minimum atomic E-state index is -3.70. The minimum absolute atomic E-state index is 0.115. The van der Waals surface area contributed by atoms with Gasteiger partial charge in [-0.15, -0.1) is 0 Å². The molecule has 0 saturated carbocycles. The van der Waals surface area contributed by atoms with Gasteiger partial charge in [-0.25, -0.2) is 16.8 Å². The quantitative estimate of drug-likeness (QED) is 0.598. The van der Waals surface area contributed by atoms with Gasteiger partial charge in [-0.1, -0.05) is 23.7 Å². The molecule has 2 heterocycles. The van der Waals surface area contributed by atoms with Gasteiger partial charge in [0.25, 0.3) is 0 Å². The van der Waals surface area contributed by atoms with Crippen LogP contribution in [-0.2, 0) is 31.4 Å². The van der Waals surface area contributed by atoms with Crippen molar-refractivity contribution in [2.75, 3.05) is 26.2 Å². The van der Waals surface area contributed by atoms with Crippen LogP contribution in [0.2, 0.25) is 5.02 Å². The van der Waals surface area contributed by atoms with Crippen LogP contribution < -0.4 is 5.32 Å². The Morgan fingerprint density at radius 3 is 1.97 bits per heavy atom. The second kappa shape index (κ2) is 10.3. The first-order chi connectivity index (χ1) is 16.2. The summed E-state index contributed by atoms with van der Waals surface area (Å²) in [6.07, 6.45) is 2.95. The van der Waals surface area contributed by atoms with Crippen molar-refractivity contribution >= 4 is 37.6 Å². The van der Waals surface area contributed by atoms with E-state index in [0.29, 0.717) is 37.5 Å². The molecule has 0 radical (unpaired) electrons. The topological polar surface area (TPSA) is 104 Å². The van der Waals surface area contributed by atoms with E-state index in [1.165, 1.54) is 32.9 Å². The molecule has 2 fully saturated rings. The van der Waals surface area contributed by atoms with E-state index in [1.807, 2.05) is 0 Å². The number of carbonyl (C=O) groups is 1. The zero-order chi connectivity index (χ0) is 24.3. The Kier molecular flexibility index (Phi) is 7.63. The summed E-state index contributed by atoms with van der Waals surface area (Å²) >= 11 is 5.86. The number of nitrogens with one attached hydrogen (secondary N) is 1. The summed E-state index contributed by atoms with van der Waals surface area (Å²) in [5.41, 5.74) is 0.773. The number of halogens is 1. The monoisotopic (exact) mass is 525 g/mol. The van der Waals surface area contributed by atoms with Crippen molar-refractivity contribution in [3.63, 3.8) is 0 Å². The van der Waals surface area contributed by atoms with Gasteiger partial charge in [-0.3, -0.25) is 4.79 Å². The lowest BCUT2D eigenvalue weighted by Gasteiger charge is -2.31. The molecule has 0 spiro atoms. The van der Waals surface area contributed by atoms with Gasteiger partial charge >= 0.3 is 0 Å². The van der Waals surface area contributed by atoms with Crippen LogP contribution in [-0.4, -0.2) is 57.5 Å². The van der Waals surface area contributed by atoms with Gasteiger partial charge in [-0.05, 0) is 67.6 Å². The molecule has 2 aromatic carbocycles. The van der Waals surface area contributed by atoms with Crippen LogP contribution in [0.1, 0.15) is 31.2 Å². The summed E-state index contributed by atoms with van der Waals surface area (Å²) in [6, 6.07) is 12.5. The molecule has 1 amide bonds. The Labute approximate surface area is 206 Å². The second-order valence-corrected chi connectivity index (χ2v) is 12.9. The number of amides is 1. The summed E-state index contributed by atoms with van der Waals surface area (Å²) < 4.78 is 54.0. The normalized spacial score (nSPS) is 20.3. The molecule has 0 aromatic heterocycles. The highest BCUT2D eigenvalue weighted by Gasteiger charge is 2.33. The predicted octanol–water partition coefficient (Wildman–Crippen LogP) is 2.84. The molecule has 4 rings (SSSR count). The van der Waals surface area contributed by atoms with Crippen molar-refractivity contribution in [2.45, 2.75) is 42.0 Å². The average molecular weight is 526 g/mol. The Hall–Kier alpha value is -1.98. The smallest absolute Gasteiger partial charge is 0.243 e. The largest absolute Gasteiger partial charge is 0.352 e. The highest BCUT2D eigenvalue weighted by atomic mass is 35.5. The fraction of sp³-hybridized carbons (Fsp3) is 0.435. The van der Waals surface area contributed by atoms with E-state index in [4.69, 9.17) is 11.6 Å². The van der Waals surface area contributed by atoms with Crippen LogP contribution in [0.15, 0.2) is 58.3 Å². The molecule has 1 N–H and O–H groups in total. The maximum Gasteiger partial charge on any atom is 0.243 e. The van der Waals surface area contributed by atoms with Gasteiger partial charge in [0.1, 0.15) is 0 Å². The van der Waals surface area contributed by atoms with E-state index in [2.05, 4.69) is 5.32 Å². The lowest BCUT2D eigenvalue weighted by Crippen LogP contribution is -2.45. The standard InChI is InChI=1S/C23H28ClN3O5S2/c24-20-7-11-22(12-8-20)34(31,32)27-15-3-4-19(17-27)23(28)25-16-18-5-9-21(10-6-18)33(29,30)26-13-1-2-14-26/h5-12,19H,1-4,13-17H2,(H,25,28). The molecule has 0 bridgehead atoms. The number of carbonyl (C=O) groups excluding carboxylic acids is 1. The van der Waals surface area contributed by atoms with Crippen LogP contribution in [0, 0.1) is 5.92 Å². The van der Waals surface area contributed by atoms with E-state index in [-0.39, 0.29) is 28.8 Å². The lowest BCUT2D eigenvalue weighted by atomic mass is 9.99. The van der Waals surface area contributed by atoms with E-state index in [0.717, 1.165) is 18.4 Å². The Morgan fingerprint density at radius 2 is 1.35 bits per heavy atom. The number of hydrogen-bond donors (Lipinski definition) is 1. The van der Waals surface area contributed by atoms with Crippen molar-refractivity contribution < 1.29 is 21.6 Å². The molecule has 2 saturated heterocycles. The lowest BCUT2D eigenvalue weighted by molar-refractivity contribution is -0.126. The van der Waals surface area contributed by atoms with Crippen LogP contribution in [0.3, 0.4) is 0 Å². The van der Waals surface area contributed by atoms with Crippen molar-refractivity contribution in [3.8, 4) is 0 Å². The molecule has 0 aliphatic carbocycles. The predicted molar refractivity (Wildman–Crippen MR) is 129 cm³/mol. The average Bonchev–Trinajstić information content (AvgIpc) is 3.39. The van der Waals surface area contributed by atoms with Crippen LogP contribution in [0.4, 0.5) is 0 Å². The molecule has 1 unspecified atom stereocenters. The molecule has 2 aliphatic rings. The number of sulfonamides is 2. The summed E-state index contributed by atoms with van der Waals surface area (Å²) in [4.78, 5) is 13.2. The van der Waals surface area contributed by atoms with Gasteiger partial charge in [0.15, 0.2) is 0 Å². The molecular weight excluding hydrogens is 498 g/mol. The first kappa shape index (κ1) is 25.1. The van der Waals surface area contributed by atoms with Crippen molar-refractivity contribution in [1.29, 1.82) is 0 Å². The van der Waals surface area contributed by atoms with Gasteiger partial charge in [0, 0.05) is 37.7 Å². The van der Waals surface area contributed by atoms with Gasteiger partial charge in [-0.2, -0.15) is 8.61 Å². The van der Waals surface area contributed by atoms with Crippen LogP contribution in [0.25, 0.3) is 0 Å². The third-order valence-electron chi connectivity index (χ3n) is 6.30. The van der Waals surface area contributed by atoms with E-state index in [9.17, 15) is 21.6 Å². The maximum absolute atomic E-state index is 13.0. The van der Waals surface area contributed by atoms with Crippen molar-refractivity contribution in [2.24, 2.45) is 5.92 Å². The highest BCUT2D eigenvalue weighted by molar-refractivity contribution is 7.89. The fourth-order valence-electron chi connectivity index (χ4n) is 4.32. The number of benzene rings is 2. The van der Waals surface area contributed by atoms with E-state index >= 15 is 0 Å². The van der Waals surface area contributed by atoms with E-state index < -0.39 is 26.0 Å². The SMILES string of the molecule is O=C(NCc1ccc(S(=O)(=O)N2CCCC2)cc1)C1CCCN(S(=O)(=O)c2ccc(Cl)cc2)C1. The number of nitrogens with zero attached hydrogens (tertiary/aromatic N) is 2. The Balaban J connectivity index is 1.35. The van der Waals surface area contributed by atoms with Gasteiger partial charge < -0.3 is 5.32 Å². The molecular formula is C23H28ClN3O5S2. The summed E-state index contributed by atoms with van der Waals surface area (Å²) in [6.45, 7) is 1.81. The summed E-state index contributed by atoms with van der Waals surface area (Å²) in [5, 5.41) is 3.32. The molecule has 2 aromatic rings. The number of piperidine rings is 1. The molecule has 11 heteroatoms. The van der Waals surface area contributed by atoms with Gasteiger partial charge in [0.2, 0.25) is 26.0 Å². The summed E-state index contributed by atoms with van der Waals surface area (Å²) in [5.74, 6) is -0.671. The number of hydrogen-bond acceptors (Lipinski definition) is 5. The highest BCUT2D eigenvalue weighted by Crippen LogP contribution is 2.25. The number of rotatable bonds is 7. The zero-order valence-corrected chi connectivity index (χ0v) is 21.1. The third-order valence-corrected chi connectivity index (χ3v) is 10.3. The van der Waals surface area contributed by atoms with Gasteiger partial charge in [0.05, 0.1) is 15.7 Å². The molecule has 1 atom stereocenters. The van der Waals surface area contributed by atoms with Crippen LogP contribution >= 0.6 is 11.6 Å². The summed E-state index contributed by atoms with van der Waals surface area (Å²) in [7, 11) is -7.18. The maximum atomic E-state index is 13.0. The third kappa shape index (κ3) is 5.46. The van der Waals surface area contributed by atoms with E-state index in [1.54, 1.807) is 24.3 Å². The second-order valence-electron chi connectivity index (χ2n) is 8.63. The van der Waals surface area contributed by atoms with Crippen molar-refractivity contribution in [3.05, 3.63) is 59.1 Å². The molecule has 184 valence electrons. The molecule has 2 aliphatic heterocycles. The first-order valence-corrected chi connectivity index (χ1v) is 14.6. The molecule has 8 nitrogen and oxygen atoms in total. The first-order valence-electron chi connectivity index (χ1n) is 11.3. The Bertz CT molecular complexity index is 1230. The van der Waals surface area contributed by atoms with Crippen molar-refractivity contribution in [1.82, 2.24) is 13.9 Å². The van der Waals surface area contributed by atoms with Crippen LogP contribution in [0.5, 0.6) is 0 Å². The Morgan fingerprint density at radius 1 is 0.824 bits per heavy atom. The minimum Gasteiger partial charge on any atom is -0.352 e. The zero-order valence-electron chi connectivity index (χ0n) is 18.7. The fourth-order valence-corrected chi connectivity index (χ4v) is 7.49. The molecule has 34 heavy (non-hydrogen) atoms.